The van der Waals surface area contributed by atoms with E-state index in [4.69, 9.17) is 21.1 Å². The first-order valence-corrected chi connectivity index (χ1v) is 5.86. The summed E-state index contributed by atoms with van der Waals surface area (Å²) in [4.78, 5) is 13.6. The molecule has 92 valence electrons. The fourth-order valence-electron chi connectivity index (χ4n) is 1.60. The molecule has 0 unspecified atom stereocenters. The molecule has 1 aromatic rings. The molecule has 0 radical (unpaired) electrons. The molecule has 1 aromatic carbocycles. The number of nitrogens with zero attached hydrogens (tertiary/aromatic N) is 1. The molecular formula is C12H14ClNO3. The summed E-state index contributed by atoms with van der Waals surface area (Å²) >= 11 is 6.06. The fraction of sp³-hybridized carbons (Fsp3) is 0.417. The molecule has 1 aliphatic heterocycles. The van der Waals surface area contributed by atoms with E-state index in [9.17, 15) is 4.79 Å². The minimum Gasteiger partial charge on any atom is -0.486 e. The molecule has 0 atom stereocenters. The van der Waals surface area contributed by atoms with Crippen molar-refractivity contribution in [3.63, 3.8) is 0 Å². The summed E-state index contributed by atoms with van der Waals surface area (Å²) in [6.07, 6.45) is 0. The van der Waals surface area contributed by atoms with Gasteiger partial charge in [0.15, 0.2) is 11.5 Å². The average molecular weight is 256 g/mol. The number of amides is 1. The van der Waals surface area contributed by atoms with Crippen molar-refractivity contribution < 1.29 is 14.3 Å². The van der Waals surface area contributed by atoms with Crippen molar-refractivity contribution in [2.24, 2.45) is 0 Å². The number of benzene rings is 1. The molecule has 1 aliphatic rings. The summed E-state index contributed by atoms with van der Waals surface area (Å²) in [7, 11) is 1.74. The Labute approximate surface area is 105 Å². The fourth-order valence-corrected chi connectivity index (χ4v) is 1.86. The Kier molecular flexibility index (Phi) is 3.43. The van der Waals surface area contributed by atoms with Gasteiger partial charge >= 0.3 is 0 Å². The van der Waals surface area contributed by atoms with Gasteiger partial charge in [-0.05, 0) is 19.1 Å². The van der Waals surface area contributed by atoms with Crippen LogP contribution in [0.3, 0.4) is 0 Å². The van der Waals surface area contributed by atoms with Crippen molar-refractivity contribution in [2.45, 2.75) is 6.92 Å². The lowest BCUT2D eigenvalue weighted by Gasteiger charge is -2.21. The zero-order valence-electron chi connectivity index (χ0n) is 9.83. The van der Waals surface area contributed by atoms with Crippen LogP contribution in [-0.4, -0.2) is 37.6 Å². The second kappa shape index (κ2) is 4.84. The largest absolute Gasteiger partial charge is 0.486 e. The lowest BCUT2D eigenvalue weighted by molar-refractivity contribution is 0.0801. The Hall–Kier alpha value is -1.42. The molecule has 0 bridgehead atoms. The van der Waals surface area contributed by atoms with E-state index in [-0.39, 0.29) is 5.91 Å². The van der Waals surface area contributed by atoms with E-state index < -0.39 is 0 Å². The Morgan fingerprint density at radius 3 is 2.82 bits per heavy atom. The molecule has 0 saturated carbocycles. The molecule has 5 heteroatoms. The van der Waals surface area contributed by atoms with Crippen LogP contribution < -0.4 is 9.47 Å². The van der Waals surface area contributed by atoms with Gasteiger partial charge in [0, 0.05) is 19.2 Å². The summed E-state index contributed by atoms with van der Waals surface area (Å²) in [5.74, 6) is 0.983. The lowest BCUT2D eigenvalue weighted by atomic mass is 10.1. The summed E-state index contributed by atoms with van der Waals surface area (Å²) in [6, 6.07) is 3.29. The number of carbonyl (C=O) groups excluding carboxylic acids is 1. The van der Waals surface area contributed by atoms with Gasteiger partial charge in [-0.3, -0.25) is 4.79 Å². The third kappa shape index (κ3) is 2.31. The topological polar surface area (TPSA) is 38.8 Å². The normalized spacial score (nSPS) is 13.4. The zero-order chi connectivity index (χ0) is 12.4. The predicted molar refractivity (Wildman–Crippen MR) is 65.1 cm³/mol. The van der Waals surface area contributed by atoms with Crippen molar-refractivity contribution in [1.82, 2.24) is 4.90 Å². The van der Waals surface area contributed by atoms with Gasteiger partial charge in [0.25, 0.3) is 5.91 Å². The summed E-state index contributed by atoms with van der Waals surface area (Å²) in [5, 5.41) is 0.412. The van der Waals surface area contributed by atoms with Crippen LogP contribution >= 0.6 is 11.6 Å². The smallest absolute Gasteiger partial charge is 0.253 e. The van der Waals surface area contributed by atoms with E-state index in [1.165, 1.54) is 0 Å². The average Bonchev–Trinajstić information content (AvgIpc) is 2.37. The van der Waals surface area contributed by atoms with Crippen LogP contribution in [0.15, 0.2) is 12.1 Å². The first-order chi connectivity index (χ1) is 8.13. The third-order valence-corrected chi connectivity index (χ3v) is 2.95. The predicted octanol–water partition coefficient (Wildman–Crippen LogP) is 2.20. The monoisotopic (exact) mass is 255 g/mol. The lowest BCUT2D eigenvalue weighted by Crippen LogP contribution is -2.26. The van der Waals surface area contributed by atoms with E-state index in [0.29, 0.717) is 41.8 Å². The highest BCUT2D eigenvalue weighted by molar-refractivity contribution is 6.32. The van der Waals surface area contributed by atoms with E-state index in [0.717, 1.165) is 0 Å². The van der Waals surface area contributed by atoms with Crippen LogP contribution in [0.25, 0.3) is 0 Å². The Bertz CT molecular complexity index is 448. The van der Waals surface area contributed by atoms with Crippen molar-refractivity contribution >= 4 is 17.5 Å². The number of carbonyl (C=O) groups is 1. The van der Waals surface area contributed by atoms with E-state index in [1.807, 2.05) is 6.92 Å². The van der Waals surface area contributed by atoms with Crippen molar-refractivity contribution in [2.75, 3.05) is 26.8 Å². The van der Waals surface area contributed by atoms with E-state index >= 15 is 0 Å². The van der Waals surface area contributed by atoms with Gasteiger partial charge in [0.1, 0.15) is 13.2 Å². The SMILES string of the molecule is CCN(C)C(=O)c1cc(Cl)c2c(c1)OCCO2. The zero-order valence-corrected chi connectivity index (χ0v) is 10.6. The molecule has 0 spiro atoms. The van der Waals surface area contributed by atoms with Crippen LogP contribution in [0, 0.1) is 0 Å². The Morgan fingerprint density at radius 1 is 1.41 bits per heavy atom. The second-order valence-electron chi connectivity index (χ2n) is 3.80. The first kappa shape index (κ1) is 12.0. The Balaban J connectivity index is 2.37. The number of rotatable bonds is 2. The molecule has 0 aliphatic carbocycles. The molecule has 4 nitrogen and oxygen atoms in total. The maximum Gasteiger partial charge on any atom is 0.253 e. The quantitative estimate of drug-likeness (QED) is 0.813. The summed E-state index contributed by atoms with van der Waals surface area (Å²) in [6.45, 7) is 3.52. The number of halogens is 1. The van der Waals surface area contributed by atoms with Gasteiger partial charge in [0.05, 0.1) is 5.02 Å². The van der Waals surface area contributed by atoms with Crippen LogP contribution in [0.5, 0.6) is 11.5 Å². The van der Waals surface area contributed by atoms with E-state index in [2.05, 4.69) is 0 Å². The molecule has 2 rings (SSSR count). The standard InChI is InChI=1S/C12H14ClNO3/c1-3-14(2)12(15)8-6-9(13)11-10(7-8)16-4-5-17-11/h6-7H,3-5H2,1-2H3. The van der Waals surface area contributed by atoms with Crippen LogP contribution in [0.1, 0.15) is 17.3 Å². The second-order valence-corrected chi connectivity index (χ2v) is 4.21. The van der Waals surface area contributed by atoms with Crippen molar-refractivity contribution in [1.29, 1.82) is 0 Å². The molecule has 1 amide bonds. The number of hydrogen-bond donors (Lipinski definition) is 0. The van der Waals surface area contributed by atoms with Gasteiger partial charge in [0.2, 0.25) is 0 Å². The number of ether oxygens (including phenoxy) is 2. The maximum absolute atomic E-state index is 12.0. The molecule has 0 N–H and O–H groups in total. The van der Waals surface area contributed by atoms with Gasteiger partial charge in [-0.25, -0.2) is 0 Å². The van der Waals surface area contributed by atoms with Crippen LogP contribution in [0.2, 0.25) is 5.02 Å². The molecule has 0 fully saturated rings. The van der Waals surface area contributed by atoms with E-state index in [1.54, 1.807) is 24.1 Å². The highest BCUT2D eigenvalue weighted by atomic mass is 35.5. The minimum absolute atomic E-state index is 0.0774. The Morgan fingerprint density at radius 2 is 2.12 bits per heavy atom. The molecule has 17 heavy (non-hydrogen) atoms. The van der Waals surface area contributed by atoms with Crippen LogP contribution in [0.4, 0.5) is 0 Å². The van der Waals surface area contributed by atoms with Gasteiger partial charge in [-0.1, -0.05) is 11.6 Å². The minimum atomic E-state index is -0.0774. The summed E-state index contributed by atoms with van der Waals surface area (Å²) < 4.78 is 10.8. The van der Waals surface area contributed by atoms with Gasteiger partial charge < -0.3 is 14.4 Å². The van der Waals surface area contributed by atoms with Gasteiger partial charge in [-0.15, -0.1) is 0 Å². The highest BCUT2D eigenvalue weighted by Crippen LogP contribution is 2.38. The number of fused-ring (bicyclic) bond motifs is 1. The molecule has 0 saturated heterocycles. The molecular weight excluding hydrogens is 242 g/mol. The van der Waals surface area contributed by atoms with Gasteiger partial charge in [-0.2, -0.15) is 0 Å². The maximum atomic E-state index is 12.0. The number of hydrogen-bond acceptors (Lipinski definition) is 3. The van der Waals surface area contributed by atoms with Crippen LogP contribution in [-0.2, 0) is 0 Å². The highest BCUT2D eigenvalue weighted by Gasteiger charge is 2.20. The molecule has 0 aromatic heterocycles. The first-order valence-electron chi connectivity index (χ1n) is 5.48. The third-order valence-electron chi connectivity index (χ3n) is 2.66. The summed E-state index contributed by atoms with van der Waals surface area (Å²) in [5.41, 5.74) is 0.517. The van der Waals surface area contributed by atoms with Crippen molar-refractivity contribution in [3.05, 3.63) is 22.7 Å². The molecule has 1 heterocycles. The van der Waals surface area contributed by atoms with Crippen molar-refractivity contribution in [3.8, 4) is 11.5 Å².